The SMILES string of the molecule is CCOCC1(CO)CCCO1. The van der Waals surface area contributed by atoms with Gasteiger partial charge >= 0.3 is 0 Å². The lowest BCUT2D eigenvalue weighted by atomic mass is 10.0. The van der Waals surface area contributed by atoms with Crippen LogP contribution in [0.1, 0.15) is 19.8 Å². The van der Waals surface area contributed by atoms with Crippen molar-refractivity contribution in [1.29, 1.82) is 0 Å². The van der Waals surface area contributed by atoms with Crippen LogP contribution in [0.25, 0.3) is 0 Å². The fraction of sp³-hybridized carbons (Fsp3) is 1.00. The summed E-state index contributed by atoms with van der Waals surface area (Å²) in [6.07, 6.45) is 1.96. The lowest BCUT2D eigenvalue weighted by Crippen LogP contribution is -2.37. The topological polar surface area (TPSA) is 38.7 Å². The first-order valence-corrected chi connectivity index (χ1v) is 4.15. The minimum Gasteiger partial charge on any atom is -0.393 e. The molecule has 3 nitrogen and oxygen atoms in total. The Morgan fingerprint density at radius 3 is 2.91 bits per heavy atom. The second-order valence-corrected chi connectivity index (χ2v) is 2.93. The molecule has 1 N–H and O–H groups in total. The van der Waals surface area contributed by atoms with E-state index >= 15 is 0 Å². The van der Waals surface area contributed by atoms with E-state index in [2.05, 4.69) is 0 Å². The lowest BCUT2D eigenvalue weighted by Gasteiger charge is -2.24. The Morgan fingerprint density at radius 2 is 2.45 bits per heavy atom. The number of hydrogen-bond acceptors (Lipinski definition) is 3. The van der Waals surface area contributed by atoms with Crippen LogP contribution in [-0.4, -0.2) is 37.1 Å². The Bertz CT molecular complexity index is 108. The van der Waals surface area contributed by atoms with Gasteiger partial charge in [-0.25, -0.2) is 0 Å². The molecule has 0 aromatic carbocycles. The molecule has 0 aromatic rings. The molecule has 0 aliphatic carbocycles. The standard InChI is InChI=1S/C8H16O3/c1-2-10-7-8(6-9)4-3-5-11-8/h9H,2-7H2,1H3. The molecule has 0 spiro atoms. The zero-order valence-corrected chi connectivity index (χ0v) is 7.01. The molecule has 1 saturated heterocycles. The first-order chi connectivity index (χ1) is 5.33. The molecule has 0 amide bonds. The second kappa shape index (κ2) is 4.04. The summed E-state index contributed by atoms with van der Waals surface area (Å²) in [7, 11) is 0. The van der Waals surface area contributed by atoms with Gasteiger partial charge in [0.15, 0.2) is 0 Å². The average Bonchev–Trinajstić information content (AvgIpc) is 2.50. The zero-order chi connectivity index (χ0) is 8.16. The third-order valence-electron chi connectivity index (χ3n) is 2.04. The van der Waals surface area contributed by atoms with E-state index in [0.717, 1.165) is 19.4 Å². The predicted molar refractivity (Wildman–Crippen MR) is 41.5 cm³/mol. The zero-order valence-electron chi connectivity index (χ0n) is 7.01. The molecule has 1 rings (SSSR count). The molecule has 0 aromatic heterocycles. The largest absolute Gasteiger partial charge is 0.393 e. The third-order valence-corrected chi connectivity index (χ3v) is 2.04. The summed E-state index contributed by atoms with van der Waals surface area (Å²) in [5.41, 5.74) is -0.379. The van der Waals surface area contributed by atoms with Gasteiger partial charge in [-0.15, -0.1) is 0 Å². The Kier molecular flexibility index (Phi) is 3.30. The summed E-state index contributed by atoms with van der Waals surface area (Å²) >= 11 is 0. The molecule has 0 radical (unpaired) electrons. The summed E-state index contributed by atoms with van der Waals surface area (Å²) in [5, 5.41) is 9.04. The highest BCUT2D eigenvalue weighted by Crippen LogP contribution is 2.25. The summed E-state index contributed by atoms with van der Waals surface area (Å²) in [4.78, 5) is 0. The molecule has 0 saturated carbocycles. The van der Waals surface area contributed by atoms with Gasteiger partial charge in [-0.3, -0.25) is 0 Å². The first-order valence-electron chi connectivity index (χ1n) is 4.15. The van der Waals surface area contributed by atoms with Gasteiger partial charge in [-0.1, -0.05) is 0 Å². The number of ether oxygens (including phenoxy) is 2. The molecule has 1 fully saturated rings. The molecule has 11 heavy (non-hydrogen) atoms. The van der Waals surface area contributed by atoms with Gasteiger partial charge in [0.1, 0.15) is 5.60 Å². The van der Waals surface area contributed by atoms with Crippen LogP contribution in [0.3, 0.4) is 0 Å². The summed E-state index contributed by atoms with van der Waals surface area (Å²) < 4.78 is 10.6. The van der Waals surface area contributed by atoms with Crippen LogP contribution in [0.15, 0.2) is 0 Å². The van der Waals surface area contributed by atoms with Gasteiger partial charge in [-0.05, 0) is 19.8 Å². The molecule has 1 atom stereocenters. The average molecular weight is 160 g/mol. The number of aliphatic hydroxyl groups excluding tert-OH is 1. The van der Waals surface area contributed by atoms with Crippen molar-refractivity contribution in [3.05, 3.63) is 0 Å². The van der Waals surface area contributed by atoms with Crippen molar-refractivity contribution < 1.29 is 14.6 Å². The Hall–Kier alpha value is -0.120. The van der Waals surface area contributed by atoms with E-state index in [1.807, 2.05) is 6.92 Å². The molecule has 1 aliphatic rings. The Balaban J connectivity index is 2.33. The van der Waals surface area contributed by atoms with Crippen molar-refractivity contribution in [3.8, 4) is 0 Å². The van der Waals surface area contributed by atoms with Gasteiger partial charge in [-0.2, -0.15) is 0 Å². The van der Waals surface area contributed by atoms with Gasteiger partial charge < -0.3 is 14.6 Å². The van der Waals surface area contributed by atoms with Crippen LogP contribution in [0.2, 0.25) is 0 Å². The molecule has 66 valence electrons. The highest BCUT2D eigenvalue weighted by Gasteiger charge is 2.34. The van der Waals surface area contributed by atoms with Gasteiger partial charge in [0, 0.05) is 13.2 Å². The highest BCUT2D eigenvalue weighted by atomic mass is 16.6. The molecular weight excluding hydrogens is 144 g/mol. The molecular formula is C8H16O3. The Labute approximate surface area is 67.3 Å². The van der Waals surface area contributed by atoms with E-state index in [-0.39, 0.29) is 12.2 Å². The van der Waals surface area contributed by atoms with Crippen LogP contribution in [-0.2, 0) is 9.47 Å². The maximum Gasteiger partial charge on any atom is 0.114 e. The van der Waals surface area contributed by atoms with Crippen molar-refractivity contribution in [2.75, 3.05) is 26.4 Å². The molecule has 3 heteroatoms. The number of aliphatic hydroxyl groups is 1. The highest BCUT2D eigenvalue weighted by molar-refractivity contribution is 4.83. The van der Waals surface area contributed by atoms with Crippen molar-refractivity contribution in [2.24, 2.45) is 0 Å². The monoisotopic (exact) mass is 160 g/mol. The fourth-order valence-electron chi connectivity index (χ4n) is 1.33. The summed E-state index contributed by atoms with van der Waals surface area (Å²) in [6, 6.07) is 0. The maximum absolute atomic E-state index is 9.04. The quantitative estimate of drug-likeness (QED) is 0.653. The van der Waals surface area contributed by atoms with Crippen LogP contribution in [0.4, 0.5) is 0 Å². The van der Waals surface area contributed by atoms with Gasteiger partial charge in [0.25, 0.3) is 0 Å². The molecule has 0 bridgehead atoms. The van der Waals surface area contributed by atoms with Crippen LogP contribution in [0.5, 0.6) is 0 Å². The maximum atomic E-state index is 9.04. The Morgan fingerprint density at radius 1 is 1.64 bits per heavy atom. The fourth-order valence-corrected chi connectivity index (χ4v) is 1.33. The van der Waals surface area contributed by atoms with E-state index in [1.165, 1.54) is 0 Å². The molecule has 1 aliphatic heterocycles. The first kappa shape index (κ1) is 8.97. The summed E-state index contributed by atoms with van der Waals surface area (Å²) in [6.45, 7) is 3.99. The molecule has 1 heterocycles. The predicted octanol–water partition coefficient (Wildman–Crippen LogP) is 0.564. The van der Waals surface area contributed by atoms with Crippen LogP contribution in [0, 0.1) is 0 Å². The number of hydrogen-bond donors (Lipinski definition) is 1. The lowest BCUT2D eigenvalue weighted by molar-refractivity contribution is -0.0893. The van der Waals surface area contributed by atoms with Crippen LogP contribution < -0.4 is 0 Å². The van der Waals surface area contributed by atoms with Crippen molar-refractivity contribution in [3.63, 3.8) is 0 Å². The third kappa shape index (κ3) is 2.15. The van der Waals surface area contributed by atoms with Crippen molar-refractivity contribution in [1.82, 2.24) is 0 Å². The molecule has 1 unspecified atom stereocenters. The van der Waals surface area contributed by atoms with E-state index in [4.69, 9.17) is 14.6 Å². The summed E-state index contributed by atoms with van der Waals surface area (Å²) in [5.74, 6) is 0. The minimum absolute atomic E-state index is 0.0764. The second-order valence-electron chi connectivity index (χ2n) is 2.93. The van der Waals surface area contributed by atoms with Gasteiger partial charge in [0.2, 0.25) is 0 Å². The van der Waals surface area contributed by atoms with Crippen molar-refractivity contribution >= 4 is 0 Å². The number of rotatable bonds is 4. The smallest absolute Gasteiger partial charge is 0.114 e. The van der Waals surface area contributed by atoms with Gasteiger partial charge in [0.05, 0.1) is 13.2 Å². The van der Waals surface area contributed by atoms with E-state index in [9.17, 15) is 0 Å². The van der Waals surface area contributed by atoms with E-state index < -0.39 is 0 Å². The van der Waals surface area contributed by atoms with Crippen LogP contribution >= 0.6 is 0 Å². The van der Waals surface area contributed by atoms with E-state index in [0.29, 0.717) is 13.2 Å². The van der Waals surface area contributed by atoms with E-state index in [1.54, 1.807) is 0 Å². The minimum atomic E-state index is -0.379. The van der Waals surface area contributed by atoms with Crippen molar-refractivity contribution in [2.45, 2.75) is 25.4 Å². The normalized spacial score (nSPS) is 31.1.